The first-order valence-electron chi connectivity index (χ1n) is 8.27. The van der Waals surface area contributed by atoms with Gasteiger partial charge in [-0.3, -0.25) is 9.59 Å². The Morgan fingerprint density at radius 2 is 1.96 bits per heavy atom. The molecule has 4 nitrogen and oxygen atoms in total. The van der Waals surface area contributed by atoms with E-state index in [0.717, 1.165) is 31.5 Å². The Morgan fingerprint density at radius 1 is 1.26 bits per heavy atom. The predicted molar refractivity (Wildman–Crippen MR) is 85.0 cm³/mol. The lowest BCUT2D eigenvalue weighted by Gasteiger charge is -2.34. The molecular weight excluding hydrogens is 295 g/mol. The smallest absolute Gasteiger partial charge is 0.228 e. The van der Waals surface area contributed by atoms with Gasteiger partial charge in [0, 0.05) is 26.6 Å². The van der Waals surface area contributed by atoms with Crippen LogP contribution < -0.4 is 0 Å². The second kappa shape index (κ2) is 6.30. The normalized spacial score (nSPS) is 28.3. The third-order valence-corrected chi connectivity index (χ3v) is 5.08. The van der Waals surface area contributed by atoms with Crippen molar-refractivity contribution in [2.45, 2.75) is 32.2 Å². The van der Waals surface area contributed by atoms with E-state index < -0.39 is 0 Å². The summed E-state index contributed by atoms with van der Waals surface area (Å²) in [4.78, 5) is 28.7. The highest BCUT2D eigenvalue weighted by Crippen LogP contribution is 2.38. The Balaban J connectivity index is 1.85. The van der Waals surface area contributed by atoms with E-state index in [4.69, 9.17) is 0 Å². The van der Waals surface area contributed by atoms with Gasteiger partial charge in [-0.2, -0.15) is 0 Å². The van der Waals surface area contributed by atoms with Crippen LogP contribution in [-0.2, 0) is 9.59 Å². The first-order chi connectivity index (χ1) is 11.0. The third kappa shape index (κ3) is 3.09. The zero-order valence-corrected chi connectivity index (χ0v) is 13.7. The Bertz CT molecular complexity index is 602. The van der Waals surface area contributed by atoms with E-state index in [9.17, 15) is 14.0 Å². The van der Waals surface area contributed by atoms with E-state index in [0.29, 0.717) is 5.92 Å². The summed E-state index contributed by atoms with van der Waals surface area (Å²) < 4.78 is 13.2. The molecule has 2 aliphatic rings. The summed E-state index contributed by atoms with van der Waals surface area (Å²) in [5.41, 5.74) is 0.822. The summed E-state index contributed by atoms with van der Waals surface area (Å²) in [5, 5.41) is 0. The van der Waals surface area contributed by atoms with E-state index in [-0.39, 0.29) is 36.0 Å². The zero-order chi connectivity index (χ0) is 16.6. The van der Waals surface area contributed by atoms with E-state index in [1.54, 1.807) is 24.1 Å². The molecule has 0 unspecified atom stereocenters. The first-order valence-corrected chi connectivity index (χ1v) is 8.27. The van der Waals surface area contributed by atoms with Crippen molar-refractivity contribution in [3.05, 3.63) is 35.6 Å². The van der Waals surface area contributed by atoms with Crippen LogP contribution in [0, 0.1) is 17.7 Å². The lowest BCUT2D eigenvalue weighted by Crippen LogP contribution is -2.43. The highest BCUT2D eigenvalue weighted by molar-refractivity contribution is 5.90. The van der Waals surface area contributed by atoms with Crippen LogP contribution in [0.1, 0.15) is 37.8 Å². The quantitative estimate of drug-likeness (QED) is 0.841. The fourth-order valence-corrected chi connectivity index (χ4v) is 3.83. The molecule has 23 heavy (non-hydrogen) atoms. The molecular formula is C18H23FN2O2. The van der Waals surface area contributed by atoms with Gasteiger partial charge in [-0.1, -0.05) is 19.1 Å². The minimum Gasteiger partial charge on any atom is -0.342 e. The average Bonchev–Trinajstić information content (AvgIpc) is 2.83. The maximum absolute atomic E-state index is 13.2. The van der Waals surface area contributed by atoms with Gasteiger partial charge >= 0.3 is 0 Å². The summed E-state index contributed by atoms with van der Waals surface area (Å²) in [5.74, 6) is -0.144. The number of halogens is 1. The molecule has 0 aliphatic carbocycles. The highest BCUT2D eigenvalue weighted by atomic mass is 19.1. The van der Waals surface area contributed by atoms with Crippen molar-refractivity contribution >= 4 is 11.8 Å². The Kier molecular flexibility index (Phi) is 4.37. The summed E-state index contributed by atoms with van der Waals surface area (Å²) in [6, 6.07) is 5.82. The molecule has 3 rings (SSSR count). The van der Waals surface area contributed by atoms with Crippen molar-refractivity contribution in [2.75, 3.05) is 20.1 Å². The van der Waals surface area contributed by atoms with E-state index in [2.05, 4.69) is 6.92 Å². The average molecular weight is 318 g/mol. The van der Waals surface area contributed by atoms with Gasteiger partial charge in [0.05, 0.1) is 12.0 Å². The van der Waals surface area contributed by atoms with Crippen molar-refractivity contribution in [3.63, 3.8) is 0 Å². The molecule has 2 aliphatic heterocycles. The van der Waals surface area contributed by atoms with Gasteiger partial charge in [0.25, 0.3) is 0 Å². The van der Waals surface area contributed by atoms with Crippen molar-refractivity contribution in [2.24, 2.45) is 11.8 Å². The molecule has 1 aromatic carbocycles. The second-order valence-corrected chi connectivity index (χ2v) is 6.84. The maximum atomic E-state index is 13.2. The van der Waals surface area contributed by atoms with Gasteiger partial charge in [0.1, 0.15) is 5.82 Å². The third-order valence-electron chi connectivity index (χ3n) is 5.08. The lowest BCUT2D eigenvalue weighted by atomic mass is 9.91. The number of carbonyl (C=O) groups is 2. The maximum Gasteiger partial charge on any atom is 0.228 e. The molecule has 5 heteroatoms. The molecule has 2 saturated heterocycles. The first kappa shape index (κ1) is 16.0. The van der Waals surface area contributed by atoms with Crippen molar-refractivity contribution in [1.29, 1.82) is 0 Å². The molecule has 3 atom stereocenters. The van der Waals surface area contributed by atoms with Crippen molar-refractivity contribution in [3.8, 4) is 0 Å². The molecule has 0 saturated carbocycles. The monoisotopic (exact) mass is 318 g/mol. The van der Waals surface area contributed by atoms with Gasteiger partial charge in [0.2, 0.25) is 11.8 Å². The SMILES string of the molecule is C[C@@H]1CCCN(C(=O)[C@@H]2CC(=O)N(C)[C@@H]2c2ccc(F)cc2)C1. The number of nitrogens with zero attached hydrogens (tertiary/aromatic N) is 2. The summed E-state index contributed by atoms with van der Waals surface area (Å²) in [6.07, 6.45) is 2.40. The van der Waals surface area contributed by atoms with Crippen molar-refractivity contribution < 1.29 is 14.0 Å². The van der Waals surface area contributed by atoms with E-state index >= 15 is 0 Å². The number of rotatable bonds is 2. The Morgan fingerprint density at radius 3 is 2.61 bits per heavy atom. The molecule has 0 N–H and O–H groups in total. The standard InChI is InChI=1S/C18H23FN2O2/c1-12-4-3-9-21(11-12)18(23)15-10-16(22)20(2)17(15)13-5-7-14(19)8-6-13/h5-8,12,15,17H,3-4,9-11H2,1-2H3/t12-,15-,17-/m1/s1. The number of hydrogen-bond acceptors (Lipinski definition) is 2. The lowest BCUT2D eigenvalue weighted by molar-refractivity contribution is -0.138. The van der Waals surface area contributed by atoms with Crippen LogP contribution in [0.15, 0.2) is 24.3 Å². The number of benzene rings is 1. The molecule has 2 heterocycles. The van der Waals surface area contributed by atoms with Gasteiger partial charge in [-0.05, 0) is 36.5 Å². The van der Waals surface area contributed by atoms with Crippen molar-refractivity contribution in [1.82, 2.24) is 9.80 Å². The number of piperidine rings is 1. The van der Waals surface area contributed by atoms with E-state index in [1.807, 2.05) is 4.90 Å². The second-order valence-electron chi connectivity index (χ2n) is 6.84. The molecule has 0 bridgehead atoms. The van der Waals surface area contributed by atoms with Crippen LogP contribution in [0.3, 0.4) is 0 Å². The molecule has 0 aromatic heterocycles. The fourth-order valence-electron chi connectivity index (χ4n) is 3.83. The van der Waals surface area contributed by atoms with Crippen LogP contribution in [0.5, 0.6) is 0 Å². The highest BCUT2D eigenvalue weighted by Gasteiger charge is 2.44. The van der Waals surface area contributed by atoms with Crippen LogP contribution in [0.2, 0.25) is 0 Å². The molecule has 1 aromatic rings. The summed E-state index contributed by atoms with van der Waals surface area (Å²) in [6.45, 7) is 3.69. The predicted octanol–water partition coefficient (Wildman–Crippen LogP) is 2.60. The van der Waals surface area contributed by atoms with Gasteiger partial charge in [-0.15, -0.1) is 0 Å². The minimum atomic E-state index is -0.372. The van der Waals surface area contributed by atoms with Crippen LogP contribution in [0.25, 0.3) is 0 Å². The summed E-state index contributed by atoms with van der Waals surface area (Å²) >= 11 is 0. The fraction of sp³-hybridized carbons (Fsp3) is 0.556. The number of carbonyl (C=O) groups excluding carboxylic acids is 2. The topological polar surface area (TPSA) is 40.6 Å². The largest absolute Gasteiger partial charge is 0.342 e. The Hall–Kier alpha value is -1.91. The Labute approximate surface area is 136 Å². The molecule has 124 valence electrons. The number of hydrogen-bond donors (Lipinski definition) is 0. The molecule has 2 fully saturated rings. The molecule has 2 amide bonds. The van der Waals surface area contributed by atoms with E-state index in [1.165, 1.54) is 12.1 Å². The zero-order valence-electron chi connectivity index (χ0n) is 13.7. The molecule has 0 spiro atoms. The van der Waals surface area contributed by atoms with Gasteiger partial charge in [0.15, 0.2) is 0 Å². The minimum absolute atomic E-state index is 0.0252. The number of amides is 2. The van der Waals surface area contributed by atoms with Gasteiger partial charge < -0.3 is 9.80 Å². The number of likely N-dealkylation sites (tertiary alicyclic amines) is 2. The van der Waals surface area contributed by atoms with Crippen LogP contribution >= 0.6 is 0 Å². The summed E-state index contributed by atoms with van der Waals surface area (Å²) in [7, 11) is 1.72. The van der Waals surface area contributed by atoms with Crippen LogP contribution in [0.4, 0.5) is 4.39 Å². The molecule has 0 radical (unpaired) electrons. The van der Waals surface area contributed by atoms with Crippen LogP contribution in [-0.4, -0.2) is 41.8 Å². The van der Waals surface area contributed by atoms with Gasteiger partial charge in [-0.25, -0.2) is 4.39 Å².